The lowest BCUT2D eigenvalue weighted by atomic mass is 10.2. The summed E-state index contributed by atoms with van der Waals surface area (Å²) in [5.74, 6) is -2.63. The molecule has 0 saturated carbocycles. The number of rotatable bonds is 6. The van der Waals surface area contributed by atoms with E-state index in [0.29, 0.717) is 4.47 Å². The van der Waals surface area contributed by atoms with Crippen LogP contribution in [0.25, 0.3) is 0 Å². The number of halogens is 2. The van der Waals surface area contributed by atoms with Crippen molar-refractivity contribution in [3.63, 3.8) is 0 Å². The predicted molar refractivity (Wildman–Crippen MR) is 99.2 cm³/mol. The van der Waals surface area contributed by atoms with Crippen molar-refractivity contribution in [3.8, 4) is 0 Å². The second-order valence-electron chi connectivity index (χ2n) is 5.46. The monoisotopic (exact) mass is 474 g/mol. The Morgan fingerprint density at radius 3 is 2.50 bits per heavy atom. The fourth-order valence-corrected chi connectivity index (χ4v) is 3.25. The lowest BCUT2D eigenvalue weighted by Gasteiger charge is -2.08. The molecule has 0 aliphatic heterocycles. The fourth-order valence-electron chi connectivity index (χ4n) is 2.09. The van der Waals surface area contributed by atoms with Gasteiger partial charge in [-0.25, -0.2) is 17.6 Å². The molecule has 0 fully saturated rings. The van der Waals surface area contributed by atoms with Gasteiger partial charge in [-0.2, -0.15) is 0 Å². The van der Waals surface area contributed by atoms with Gasteiger partial charge in [-0.3, -0.25) is 14.9 Å². The number of hydrogen-bond acceptors (Lipinski definition) is 7. The van der Waals surface area contributed by atoms with Crippen molar-refractivity contribution >= 4 is 49.0 Å². The smallest absolute Gasteiger partial charge is 0.338 e. The second-order valence-corrected chi connectivity index (χ2v) is 8.36. The number of esters is 1. The zero-order chi connectivity index (χ0) is 21.1. The van der Waals surface area contributed by atoms with Crippen molar-refractivity contribution in [2.75, 3.05) is 18.2 Å². The van der Waals surface area contributed by atoms with Gasteiger partial charge in [0.25, 0.3) is 11.6 Å². The third-order valence-corrected chi connectivity index (χ3v) is 4.97. The lowest BCUT2D eigenvalue weighted by molar-refractivity contribution is -0.387. The number of carbonyl (C=O) groups is 2. The van der Waals surface area contributed by atoms with Crippen molar-refractivity contribution in [2.45, 2.75) is 4.90 Å². The predicted octanol–water partition coefficient (Wildman–Crippen LogP) is 2.70. The Morgan fingerprint density at radius 1 is 1.25 bits per heavy atom. The highest BCUT2D eigenvalue weighted by atomic mass is 79.9. The molecule has 148 valence electrons. The molecule has 0 aliphatic rings. The Bertz CT molecular complexity index is 1070. The number of hydrogen-bond donors (Lipinski definition) is 1. The summed E-state index contributed by atoms with van der Waals surface area (Å²) < 4.78 is 42.0. The number of nitro benzene ring substituents is 1. The first-order valence-corrected chi connectivity index (χ1v) is 10.1. The summed E-state index contributed by atoms with van der Waals surface area (Å²) in [7, 11) is -3.89. The summed E-state index contributed by atoms with van der Waals surface area (Å²) in [4.78, 5) is 33.3. The summed E-state index contributed by atoms with van der Waals surface area (Å²) in [5.41, 5.74) is -1.24. The highest BCUT2D eigenvalue weighted by Crippen LogP contribution is 2.25. The molecule has 0 bridgehead atoms. The molecule has 28 heavy (non-hydrogen) atoms. The molecule has 0 radical (unpaired) electrons. The van der Waals surface area contributed by atoms with Gasteiger partial charge in [0, 0.05) is 16.8 Å². The van der Waals surface area contributed by atoms with E-state index in [9.17, 15) is 32.5 Å². The van der Waals surface area contributed by atoms with E-state index in [0.717, 1.165) is 30.5 Å². The minimum atomic E-state index is -3.89. The first kappa shape index (κ1) is 21.4. The van der Waals surface area contributed by atoms with Gasteiger partial charge in [-0.1, -0.05) is 15.9 Å². The van der Waals surface area contributed by atoms with Crippen molar-refractivity contribution in [1.29, 1.82) is 0 Å². The molecule has 0 saturated heterocycles. The van der Waals surface area contributed by atoms with E-state index < -0.39 is 49.6 Å². The van der Waals surface area contributed by atoms with Crippen LogP contribution in [0.5, 0.6) is 0 Å². The maximum absolute atomic E-state index is 13.7. The third kappa shape index (κ3) is 5.33. The average Bonchev–Trinajstić information content (AvgIpc) is 2.60. The molecular weight excluding hydrogens is 463 g/mol. The standard InChI is InChI=1S/C16H12BrFN2O7S/c1-28(25,26)14-5-2-9(6-13(14)20(23)24)16(22)27-8-15(21)19-12-4-3-10(17)7-11(12)18/h2-7H,8H2,1H3,(H,19,21). The van der Waals surface area contributed by atoms with Gasteiger partial charge < -0.3 is 10.1 Å². The number of amides is 1. The molecule has 12 heteroatoms. The van der Waals surface area contributed by atoms with Gasteiger partial charge in [0.1, 0.15) is 10.7 Å². The number of sulfone groups is 1. The maximum atomic E-state index is 13.7. The molecule has 0 aliphatic carbocycles. The normalized spacial score (nSPS) is 11.0. The summed E-state index contributed by atoms with van der Waals surface area (Å²) in [6.45, 7) is -0.782. The summed E-state index contributed by atoms with van der Waals surface area (Å²) in [6.07, 6.45) is 0.791. The van der Waals surface area contributed by atoms with Gasteiger partial charge in [-0.15, -0.1) is 0 Å². The Hall–Kier alpha value is -2.86. The molecule has 2 rings (SSSR count). The number of benzene rings is 2. The molecule has 1 N–H and O–H groups in total. The Labute approximate surface area is 166 Å². The minimum Gasteiger partial charge on any atom is -0.452 e. The quantitative estimate of drug-likeness (QED) is 0.386. The second kappa shape index (κ2) is 8.44. The molecule has 0 aromatic heterocycles. The van der Waals surface area contributed by atoms with Crippen LogP contribution in [0.15, 0.2) is 45.8 Å². The van der Waals surface area contributed by atoms with E-state index in [1.165, 1.54) is 12.1 Å². The minimum absolute atomic E-state index is 0.127. The SMILES string of the molecule is CS(=O)(=O)c1ccc(C(=O)OCC(=O)Nc2ccc(Br)cc2F)cc1[N+](=O)[O-]. The Morgan fingerprint density at radius 2 is 1.93 bits per heavy atom. The largest absolute Gasteiger partial charge is 0.452 e. The molecule has 1 amide bonds. The summed E-state index contributed by atoms with van der Waals surface area (Å²) >= 11 is 3.06. The van der Waals surface area contributed by atoms with Crippen molar-refractivity contribution in [1.82, 2.24) is 0 Å². The van der Waals surface area contributed by atoms with E-state index in [1.807, 2.05) is 0 Å². The zero-order valence-corrected chi connectivity index (χ0v) is 16.5. The number of nitro groups is 1. The van der Waals surface area contributed by atoms with Crippen LogP contribution < -0.4 is 5.32 Å². The van der Waals surface area contributed by atoms with Crippen LogP contribution in [0.1, 0.15) is 10.4 Å². The van der Waals surface area contributed by atoms with Crippen molar-refractivity contribution in [3.05, 3.63) is 62.4 Å². The first-order valence-electron chi connectivity index (χ1n) is 7.39. The summed E-state index contributed by atoms with van der Waals surface area (Å²) in [6, 6.07) is 6.59. The van der Waals surface area contributed by atoms with Gasteiger partial charge in [0.2, 0.25) is 0 Å². The van der Waals surface area contributed by atoms with E-state index in [-0.39, 0.29) is 11.3 Å². The van der Waals surface area contributed by atoms with E-state index in [1.54, 1.807) is 0 Å². The van der Waals surface area contributed by atoms with Crippen molar-refractivity contribution in [2.24, 2.45) is 0 Å². The van der Waals surface area contributed by atoms with Crippen LogP contribution in [-0.4, -0.2) is 38.1 Å². The van der Waals surface area contributed by atoms with E-state index in [4.69, 9.17) is 4.74 Å². The van der Waals surface area contributed by atoms with Crippen LogP contribution >= 0.6 is 15.9 Å². The Balaban J connectivity index is 2.09. The number of ether oxygens (including phenoxy) is 1. The molecule has 0 spiro atoms. The third-order valence-electron chi connectivity index (χ3n) is 3.33. The topological polar surface area (TPSA) is 133 Å². The molecule has 2 aromatic carbocycles. The molecule has 0 atom stereocenters. The van der Waals surface area contributed by atoms with Gasteiger partial charge in [0.05, 0.1) is 16.2 Å². The molecule has 0 unspecified atom stereocenters. The summed E-state index contributed by atoms with van der Waals surface area (Å²) in [5, 5.41) is 13.3. The average molecular weight is 475 g/mol. The van der Waals surface area contributed by atoms with E-state index >= 15 is 0 Å². The van der Waals surface area contributed by atoms with Crippen LogP contribution in [0.3, 0.4) is 0 Å². The molecule has 9 nitrogen and oxygen atoms in total. The van der Waals surface area contributed by atoms with E-state index in [2.05, 4.69) is 21.2 Å². The highest BCUT2D eigenvalue weighted by Gasteiger charge is 2.24. The first-order chi connectivity index (χ1) is 13.0. The molecule has 2 aromatic rings. The van der Waals surface area contributed by atoms with Crippen LogP contribution in [0.2, 0.25) is 0 Å². The Kier molecular flexibility index (Phi) is 6.46. The zero-order valence-electron chi connectivity index (χ0n) is 14.1. The maximum Gasteiger partial charge on any atom is 0.338 e. The number of nitrogens with zero attached hydrogens (tertiary/aromatic N) is 1. The highest BCUT2D eigenvalue weighted by molar-refractivity contribution is 9.10. The lowest BCUT2D eigenvalue weighted by Crippen LogP contribution is -2.21. The number of anilines is 1. The fraction of sp³-hybridized carbons (Fsp3) is 0.125. The van der Waals surface area contributed by atoms with Gasteiger partial charge >= 0.3 is 5.97 Å². The van der Waals surface area contributed by atoms with Crippen LogP contribution in [0, 0.1) is 15.9 Å². The van der Waals surface area contributed by atoms with Gasteiger partial charge in [-0.05, 0) is 30.3 Å². The van der Waals surface area contributed by atoms with Gasteiger partial charge in [0.15, 0.2) is 16.4 Å². The molecule has 0 heterocycles. The molecular formula is C16H12BrFN2O7S. The van der Waals surface area contributed by atoms with Crippen LogP contribution in [0.4, 0.5) is 15.8 Å². The number of nitrogens with one attached hydrogen (secondary N) is 1. The van der Waals surface area contributed by atoms with Crippen molar-refractivity contribution < 1.29 is 32.1 Å². The van der Waals surface area contributed by atoms with Crippen LogP contribution in [-0.2, 0) is 19.4 Å². The number of carbonyl (C=O) groups excluding carboxylic acids is 2.